The molecule has 0 aromatic carbocycles. The number of ether oxygens (including phenoxy) is 1. The fraction of sp³-hybridized carbons (Fsp3) is 0.765. The van der Waals surface area contributed by atoms with Crippen molar-refractivity contribution >= 4 is 6.03 Å². The summed E-state index contributed by atoms with van der Waals surface area (Å²) in [5.74, 6) is 0. The Morgan fingerprint density at radius 1 is 1.61 bits per heavy atom. The molecule has 0 radical (unpaired) electrons. The minimum absolute atomic E-state index is 0.0740. The molecule has 1 aromatic rings. The summed E-state index contributed by atoms with van der Waals surface area (Å²) in [5, 5.41) is 10.4. The van der Waals surface area contributed by atoms with Gasteiger partial charge in [0.2, 0.25) is 0 Å². The number of aromatic nitrogens is 2. The Morgan fingerprint density at radius 2 is 2.48 bits per heavy atom. The van der Waals surface area contributed by atoms with E-state index in [2.05, 4.69) is 22.4 Å². The van der Waals surface area contributed by atoms with Crippen LogP contribution in [0.25, 0.3) is 0 Å². The number of hydrogen-bond acceptors (Lipinski definition) is 3. The molecule has 2 heterocycles. The maximum atomic E-state index is 12.9. The molecular weight excluding hydrogens is 292 g/mol. The van der Waals surface area contributed by atoms with Gasteiger partial charge in [-0.2, -0.15) is 5.10 Å². The number of hydrogen-bond donors (Lipinski definition) is 2. The van der Waals surface area contributed by atoms with Gasteiger partial charge in [0.1, 0.15) is 0 Å². The van der Waals surface area contributed by atoms with Crippen LogP contribution in [0.5, 0.6) is 0 Å². The number of amides is 2. The first kappa shape index (κ1) is 16.3. The summed E-state index contributed by atoms with van der Waals surface area (Å²) in [5.41, 5.74) is 2.33. The molecule has 1 fully saturated rings. The Hall–Kier alpha value is -1.56. The number of H-pyrrole nitrogens is 1. The fourth-order valence-corrected chi connectivity index (χ4v) is 4.26. The molecule has 1 saturated heterocycles. The van der Waals surface area contributed by atoms with Gasteiger partial charge in [-0.1, -0.05) is 13.3 Å². The normalized spacial score (nSPS) is 27.0. The number of likely N-dealkylation sites (tertiary alicyclic amines) is 1. The van der Waals surface area contributed by atoms with Crippen molar-refractivity contribution < 1.29 is 9.53 Å². The van der Waals surface area contributed by atoms with E-state index in [4.69, 9.17) is 4.74 Å². The van der Waals surface area contributed by atoms with E-state index in [1.54, 1.807) is 7.11 Å². The van der Waals surface area contributed by atoms with Gasteiger partial charge in [0.05, 0.1) is 18.3 Å². The zero-order chi connectivity index (χ0) is 16.3. The van der Waals surface area contributed by atoms with E-state index in [1.807, 2.05) is 11.1 Å². The number of carbonyl (C=O) groups is 1. The van der Waals surface area contributed by atoms with Crippen LogP contribution in [0.2, 0.25) is 0 Å². The van der Waals surface area contributed by atoms with Crippen molar-refractivity contribution in [3.05, 3.63) is 17.5 Å². The molecule has 2 N–H and O–H groups in total. The zero-order valence-corrected chi connectivity index (χ0v) is 14.2. The van der Waals surface area contributed by atoms with Gasteiger partial charge in [-0.3, -0.25) is 5.10 Å². The van der Waals surface area contributed by atoms with Crippen molar-refractivity contribution in [3.8, 4) is 0 Å². The van der Waals surface area contributed by atoms with Crippen molar-refractivity contribution in [3.63, 3.8) is 0 Å². The number of nitrogens with zero attached hydrogens (tertiary/aromatic N) is 2. The van der Waals surface area contributed by atoms with Crippen LogP contribution < -0.4 is 5.32 Å². The third-order valence-electron chi connectivity index (χ3n) is 5.31. The van der Waals surface area contributed by atoms with Crippen molar-refractivity contribution in [2.45, 2.75) is 63.5 Å². The van der Waals surface area contributed by atoms with Gasteiger partial charge in [-0.25, -0.2) is 4.79 Å². The van der Waals surface area contributed by atoms with Gasteiger partial charge < -0.3 is 15.0 Å². The number of carbonyl (C=O) groups excluding carboxylic acids is 1. The van der Waals surface area contributed by atoms with Crippen molar-refractivity contribution in [2.24, 2.45) is 0 Å². The average Bonchev–Trinajstić information content (AvgIpc) is 3.14. The highest BCUT2D eigenvalue weighted by Gasteiger charge is 2.43. The van der Waals surface area contributed by atoms with Crippen LogP contribution in [0, 0.1) is 0 Å². The van der Waals surface area contributed by atoms with Crippen LogP contribution in [0.3, 0.4) is 0 Å². The van der Waals surface area contributed by atoms with Crippen molar-refractivity contribution in [2.75, 3.05) is 20.3 Å². The molecule has 128 valence electrons. The third-order valence-corrected chi connectivity index (χ3v) is 5.31. The standard InChI is InChI=1S/C17H28N4O2/c1-3-7-17(12-23-2)8-4-9-21(17)16(22)19-14-5-6-15-13(10-14)11-18-20-15/h11,14H,3-10,12H2,1-2H3,(H,18,20)(H,19,22)/t14-,17+/m0/s1. The number of rotatable bonds is 5. The molecule has 0 spiro atoms. The van der Waals surface area contributed by atoms with E-state index in [-0.39, 0.29) is 17.6 Å². The molecule has 0 saturated carbocycles. The van der Waals surface area contributed by atoms with Crippen molar-refractivity contribution in [1.29, 1.82) is 0 Å². The molecule has 3 rings (SSSR count). The zero-order valence-electron chi connectivity index (χ0n) is 14.2. The SMILES string of the molecule is CCC[C@]1(COC)CCCN1C(=O)N[C@H]1CCc2[nH]ncc2C1. The van der Waals surface area contributed by atoms with Crippen LogP contribution in [0.15, 0.2) is 6.20 Å². The molecule has 2 aliphatic rings. The van der Waals surface area contributed by atoms with Crippen LogP contribution in [-0.4, -0.2) is 53.0 Å². The number of methoxy groups -OCH3 is 1. The Kier molecular flexibility index (Phi) is 4.90. The first-order chi connectivity index (χ1) is 11.2. The molecule has 6 nitrogen and oxygen atoms in total. The largest absolute Gasteiger partial charge is 0.382 e. The summed E-state index contributed by atoms with van der Waals surface area (Å²) in [7, 11) is 1.73. The molecule has 6 heteroatoms. The Labute approximate surface area is 138 Å². The highest BCUT2D eigenvalue weighted by Crippen LogP contribution is 2.34. The van der Waals surface area contributed by atoms with Gasteiger partial charge in [0.25, 0.3) is 0 Å². The maximum absolute atomic E-state index is 12.9. The molecule has 1 aliphatic heterocycles. The molecule has 2 atom stereocenters. The number of aromatic amines is 1. The van der Waals surface area contributed by atoms with Gasteiger partial charge in [0.15, 0.2) is 0 Å². The summed E-state index contributed by atoms with van der Waals surface area (Å²) >= 11 is 0. The highest BCUT2D eigenvalue weighted by atomic mass is 16.5. The second kappa shape index (κ2) is 6.91. The lowest BCUT2D eigenvalue weighted by Crippen LogP contribution is -2.56. The van der Waals surface area contributed by atoms with E-state index in [0.717, 1.165) is 51.5 Å². The summed E-state index contributed by atoms with van der Waals surface area (Å²) in [6, 6.07) is 0.278. The van der Waals surface area contributed by atoms with Gasteiger partial charge in [-0.15, -0.1) is 0 Å². The second-order valence-corrected chi connectivity index (χ2v) is 6.93. The number of nitrogens with one attached hydrogen (secondary N) is 2. The lowest BCUT2D eigenvalue weighted by molar-refractivity contribution is 0.0492. The lowest BCUT2D eigenvalue weighted by atomic mass is 9.91. The number of aryl methyl sites for hydroxylation is 1. The van der Waals surface area contributed by atoms with Crippen LogP contribution in [0.4, 0.5) is 4.79 Å². The van der Waals surface area contributed by atoms with E-state index < -0.39 is 0 Å². The minimum Gasteiger partial charge on any atom is -0.382 e. The monoisotopic (exact) mass is 320 g/mol. The van der Waals surface area contributed by atoms with E-state index in [1.165, 1.54) is 11.3 Å². The quantitative estimate of drug-likeness (QED) is 0.874. The first-order valence-corrected chi connectivity index (χ1v) is 8.77. The predicted octanol–water partition coefficient (Wildman–Crippen LogP) is 2.26. The van der Waals surface area contributed by atoms with Gasteiger partial charge in [0, 0.05) is 25.4 Å². The Morgan fingerprint density at radius 3 is 3.26 bits per heavy atom. The molecule has 0 bridgehead atoms. The van der Waals surface area contributed by atoms with Crippen LogP contribution in [-0.2, 0) is 17.6 Å². The summed E-state index contributed by atoms with van der Waals surface area (Å²) in [4.78, 5) is 14.9. The highest BCUT2D eigenvalue weighted by molar-refractivity contribution is 5.76. The van der Waals surface area contributed by atoms with Gasteiger partial charge >= 0.3 is 6.03 Å². The lowest BCUT2D eigenvalue weighted by Gasteiger charge is -2.39. The molecule has 1 aromatic heterocycles. The summed E-state index contributed by atoms with van der Waals surface area (Å²) in [6.45, 7) is 3.64. The molecule has 0 unspecified atom stereocenters. The first-order valence-electron chi connectivity index (χ1n) is 8.77. The van der Waals surface area contributed by atoms with E-state index >= 15 is 0 Å². The summed E-state index contributed by atoms with van der Waals surface area (Å²) < 4.78 is 5.45. The number of fused-ring (bicyclic) bond motifs is 1. The average molecular weight is 320 g/mol. The van der Waals surface area contributed by atoms with Crippen LogP contribution >= 0.6 is 0 Å². The van der Waals surface area contributed by atoms with E-state index in [0.29, 0.717) is 6.61 Å². The number of urea groups is 1. The smallest absolute Gasteiger partial charge is 0.318 e. The molecule has 1 aliphatic carbocycles. The van der Waals surface area contributed by atoms with Crippen LogP contribution in [0.1, 0.15) is 50.3 Å². The summed E-state index contributed by atoms with van der Waals surface area (Å²) in [6.07, 6.45) is 8.86. The molecule has 23 heavy (non-hydrogen) atoms. The fourth-order valence-electron chi connectivity index (χ4n) is 4.26. The second-order valence-electron chi connectivity index (χ2n) is 6.93. The van der Waals surface area contributed by atoms with E-state index in [9.17, 15) is 4.79 Å². The third kappa shape index (κ3) is 3.22. The molecular formula is C17H28N4O2. The Balaban J connectivity index is 1.65. The topological polar surface area (TPSA) is 70.2 Å². The maximum Gasteiger partial charge on any atom is 0.318 e. The Bertz CT molecular complexity index is 536. The predicted molar refractivity (Wildman–Crippen MR) is 88.4 cm³/mol. The molecule has 2 amide bonds. The minimum atomic E-state index is -0.122. The van der Waals surface area contributed by atoms with Gasteiger partial charge in [-0.05, 0) is 44.1 Å². The van der Waals surface area contributed by atoms with Crippen molar-refractivity contribution in [1.82, 2.24) is 20.4 Å².